The molecule has 8 nitrogen and oxygen atoms in total. The van der Waals surface area contributed by atoms with Crippen LogP contribution in [0.3, 0.4) is 0 Å². The summed E-state index contributed by atoms with van der Waals surface area (Å²) >= 11 is 5.99. The molecule has 3 heterocycles. The van der Waals surface area contributed by atoms with E-state index in [1.165, 1.54) is 6.33 Å². The Morgan fingerprint density at radius 1 is 1.28 bits per heavy atom. The van der Waals surface area contributed by atoms with Crippen LogP contribution in [-0.4, -0.2) is 45.0 Å². The quantitative estimate of drug-likeness (QED) is 0.520. The van der Waals surface area contributed by atoms with E-state index in [1.54, 1.807) is 35.2 Å². The lowest BCUT2D eigenvalue weighted by molar-refractivity contribution is -0.102. The zero-order chi connectivity index (χ0) is 17.2. The first kappa shape index (κ1) is 15.9. The number of carbonyl (C=O) groups is 1. The molecule has 128 valence electrons. The van der Waals surface area contributed by atoms with Crippen LogP contribution in [0.2, 0.25) is 5.15 Å². The van der Waals surface area contributed by atoms with Gasteiger partial charge in [-0.1, -0.05) is 29.8 Å². The van der Waals surface area contributed by atoms with E-state index in [1.807, 2.05) is 6.07 Å². The Balaban J connectivity index is 1.40. The maximum Gasteiger partial charge on any atom is 0.338 e. The molecule has 0 amide bonds. The van der Waals surface area contributed by atoms with Gasteiger partial charge in [0.1, 0.15) is 18.5 Å². The molecule has 1 saturated heterocycles. The Morgan fingerprint density at radius 2 is 2.12 bits per heavy atom. The zero-order valence-corrected chi connectivity index (χ0v) is 13.7. The molecule has 4 rings (SSSR count). The van der Waals surface area contributed by atoms with Gasteiger partial charge >= 0.3 is 5.97 Å². The van der Waals surface area contributed by atoms with Crippen molar-refractivity contribution in [2.24, 2.45) is 0 Å². The van der Waals surface area contributed by atoms with Crippen LogP contribution in [0.15, 0.2) is 43.0 Å². The van der Waals surface area contributed by atoms with Gasteiger partial charge in [-0.05, 0) is 12.1 Å². The summed E-state index contributed by atoms with van der Waals surface area (Å²) in [5, 5.41) is 0.274. The fourth-order valence-corrected chi connectivity index (χ4v) is 2.69. The van der Waals surface area contributed by atoms with Gasteiger partial charge in [0, 0.05) is 0 Å². The molecule has 1 aliphatic rings. The smallest absolute Gasteiger partial charge is 0.338 e. The molecule has 3 aromatic rings. The SMILES string of the molecule is O=C(OC[C@H]1OC[C@@H](n2cnc3c(Cl)ncnc32)O1)c1ccccc1. The third-order valence-corrected chi connectivity index (χ3v) is 3.99. The molecular formula is C16H13ClN4O4. The fraction of sp³-hybridized carbons (Fsp3) is 0.250. The molecule has 0 radical (unpaired) electrons. The van der Waals surface area contributed by atoms with E-state index in [0.29, 0.717) is 16.7 Å². The molecule has 0 saturated carbocycles. The number of fused-ring (bicyclic) bond motifs is 1. The zero-order valence-electron chi connectivity index (χ0n) is 12.9. The Kier molecular flexibility index (Phi) is 4.31. The van der Waals surface area contributed by atoms with E-state index < -0.39 is 18.5 Å². The summed E-state index contributed by atoms with van der Waals surface area (Å²) in [6.45, 7) is 0.271. The minimum Gasteiger partial charge on any atom is -0.457 e. The summed E-state index contributed by atoms with van der Waals surface area (Å²) < 4.78 is 18.2. The molecule has 0 spiro atoms. The number of esters is 1. The molecule has 2 atom stereocenters. The van der Waals surface area contributed by atoms with Crippen molar-refractivity contribution >= 4 is 28.7 Å². The number of aromatic nitrogens is 4. The Morgan fingerprint density at radius 3 is 2.96 bits per heavy atom. The molecule has 1 fully saturated rings. The van der Waals surface area contributed by atoms with Gasteiger partial charge in [0.15, 0.2) is 23.3 Å². The third kappa shape index (κ3) is 3.19. The molecule has 1 aliphatic heterocycles. The normalized spacial score (nSPS) is 20.0. The van der Waals surface area contributed by atoms with E-state index in [4.69, 9.17) is 25.8 Å². The van der Waals surface area contributed by atoms with Crippen molar-refractivity contribution in [3.8, 4) is 0 Å². The van der Waals surface area contributed by atoms with Crippen molar-refractivity contribution in [1.29, 1.82) is 0 Å². The van der Waals surface area contributed by atoms with Crippen molar-refractivity contribution in [1.82, 2.24) is 19.5 Å². The molecule has 0 N–H and O–H groups in total. The van der Waals surface area contributed by atoms with Crippen molar-refractivity contribution < 1.29 is 19.0 Å². The summed E-state index contributed by atoms with van der Waals surface area (Å²) in [6.07, 6.45) is 1.83. The molecule has 0 aliphatic carbocycles. The molecule has 25 heavy (non-hydrogen) atoms. The van der Waals surface area contributed by atoms with Crippen molar-refractivity contribution in [3.63, 3.8) is 0 Å². The van der Waals surface area contributed by atoms with Gasteiger partial charge < -0.3 is 14.2 Å². The number of nitrogens with zero attached hydrogens (tertiary/aromatic N) is 4. The first-order valence-corrected chi connectivity index (χ1v) is 7.92. The van der Waals surface area contributed by atoms with Gasteiger partial charge in [0.25, 0.3) is 0 Å². The number of benzene rings is 1. The Bertz CT molecular complexity index is 902. The number of halogens is 1. The lowest BCUT2D eigenvalue weighted by atomic mass is 10.2. The summed E-state index contributed by atoms with van der Waals surface area (Å²) in [5.41, 5.74) is 1.52. The van der Waals surface area contributed by atoms with E-state index in [0.717, 1.165) is 0 Å². The average Bonchev–Trinajstić information content (AvgIpc) is 3.27. The van der Waals surface area contributed by atoms with Gasteiger partial charge in [-0.15, -0.1) is 0 Å². The van der Waals surface area contributed by atoms with Crippen LogP contribution in [0.4, 0.5) is 0 Å². The monoisotopic (exact) mass is 360 g/mol. The van der Waals surface area contributed by atoms with Crippen LogP contribution < -0.4 is 0 Å². The Hall–Kier alpha value is -2.55. The standard InChI is InChI=1S/C16H13ClN4O4/c17-14-13-15(19-8-18-14)21(9-20-13)11-6-23-12(25-11)7-24-16(22)10-4-2-1-3-5-10/h1-5,8-9,11-12H,6-7H2/t11-,12-/m0/s1. The lowest BCUT2D eigenvalue weighted by Gasteiger charge is -2.13. The van der Waals surface area contributed by atoms with Crippen LogP contribution in [0, 0.1) is 0 Å². The summed E-state index contributed by atoms with van der Waals surface area (Å²) in [6, 6.07) is 8.74. The fourth-order valence-electron chi connectivity index (χ4n) is 2.51. The number of imidazole rings is 1. The first-order valence-electron chi connectivity index (χ1n) is 7.54. The van der Waals surface area contributed by atoms with Crippen molar-refractivity contribution in [2.45, 2.75) is 12.5 Å². The molecular weight excluding hydrogens is 348 g/mol. The van der Waals surface area contributed by atoms with Gasteiger partial charge in [0.05, 0.1) is 18.5 Å². The summed E-state index contributed by atoms with van der Waals surface area (Å²) in [5.74, 6) is -0.427. The topological polar surface area (TPSA) is 88.4 Å². The second-order valence-electron chi connectivity index (χ2n) is 5.31. The largest absolute Gasteiger partial charge is 0.457 e. The van der Waals surface area contributed by atoms with E-state index in [9.17, 15) is 4.79 Å². The maximum atomic E-state index is 11.9. The molecule has 0 bridgehead atoms. The van der Waals surface area contributed by atoms with Crippen LogP contribution in [0.25, 0.3) is 11.2 Å². The van der Waals surface area contributed by atoms with Crippen molar-refractivity contribution in [3.05, 3.63) is 53.7 Å². The number of carbonyl (C=O) groups excluding carboxylic acids is 1. The van der Waals surface area contributed by atoms with Gasteiger partial charge in [-0.2, -0.15) is 0 Å². The molecule has 0 unspecified atom stereocenters. The van der Waals surface area contributed by atoms with Crippen molar-refractivity contribution in [2.75, 3.05) is 13.2 Å². The predicted octanol–water partition coefficient (Wildman–Crippen LogP) is 2.21. The highest BCUT2D eigenvalue weighted by atomic mass is 35.5. The third-order valence-electron chi connectivity index (χ3n) is 3.72. The minimum absolute atomic E-state index is 0.00734. The highest BCUT2D eigenvalue weighted by molar-refractivity contribution is 6.33. The molecule has 9 heteroatoms. The van der Waals surface area contributed by atoms with E-state index in [2.05, 4.69) is 15.0 Å². The molecule has 2 aromatic heterocycles. The second-order valence-corrected chi connectivity index (χ2v) is 5.66. The summed E-state index contributed by atoms with van der Waals surface area (Å²) in [4.78, 5) is 24.2. The average molecular weight is 361 g/mol. The lowest BCUT2D eigenvalue weighted by Crippen LogP contribution is -2.20. The number of ether oxygens (including phenoxy) is 3. The van der Waals surface area contributed by atoms with Crippen LogP contribution in [-0.2, 0) is 14.2 Å². The second kappa shape index (κ2) is 6.75. The first-order chi connectivity index (χ1) is 12.2. The van der Waals surface area contributed by atoms with Gasteiger partial charge in [-0.3, -0.25) is 4.57 Å². The Labute approximate surface area is 147 Å². The maximum absolute atomic E-state index is 11.9. The highest BCUT2D eigenvalue weighted by Crippen LogP contribution is 2.26. The van der Waals surface area contributed by atoms with E-state index >= 15 is 0 Å². The number of hydrogen-bond acceptors (Lipinski definition) is 7. The number of rotatable bonds is 4. The predicted molar refractivity (Wildman–Crippen MR) is 86.9 cm³/mol. The van der Waals surface area contributed by atoms with Gasteiger partial charge in [0.2, 0.25) is 0 Å². The van der Waals surface area contributed by atoms with Crippen LogP contribution >= 0.6 is 11.6 Å². The van der Waals surface area contributed by atoms with Crippen LogP contribution in [0.1, 0.15) is 16.6 Å². The minimum atomic E-state index is -0.660. The number of hydrogen-bond donors (Lipinski definition) is 0. The van der Waals surface area contributed by atoms with Gasteiger partial charge in [-0.25, -0.2) is 19.7 Å². The molecule has 1 aromatic carbocycles. The summed E-state index contributed by atoms with van der Waals surface area (Å²) in [7, 11) is 0. The highest BCUT2D eigenvalue weighted by Gasteiger charge is 2.30. The van der Waals surface area contributed by atoms with Crippen LogP contribution in [0.5, 0.6) is 0 Å². The van der Waals surface area contributed by atoms with E-state index in [-0.39, 0.29) is 18.4 Å².